The van der Waals surface area contributed by atoms with E-state index >= 15 is 0 Å². The van der Waals surface area contributed by atoms with Gasteiger partial charge in [-0.05, 0) is 116 Å². The first-order chi connectivity index (χ1) is 50.1. The van der Waals surface area contributed by atoms with Gasteiger partial charge in [0.2, 0.25) is 29.5 Å². The number of ether oxygens (including phenoxy) is 6. The summed E-state index contributed by atoms with van der Waals surface area (Å²) < 4.78 is 59.0. The van der Waals surface area contributed by atoms with Gasteiger partial charge in [-0.25, -0.2) is 24.0 Å². The van der Waals surface area contributed by atoms with Gasteiger partial charge in [-0.15, -0.1) is 0 Å². The quantitative estimate of drug-likeness (QED) is 0.0560. The minimum atomic E-state index is -0.766. The fraction of sp³-hybridized carbons (Fsp3) is 0.203. The van der Waals surface area contributed by atoms with E-state index in [-0.39, 0.29) is 87.8 Å². The number of hydrogen-bond acceptors (Lipinski definition) is 26. The molecule has 10 aliphatic rings. The highest BCUT2D eigenvalue weighted by molar-refractivity contribution is 6.38. The molecule has 105 heavy (non-hydrogen) atoms. The third-order valence-corrected chi connectivity index (χ3v) is 17.0. The number of hydrogen-bond donors (Lipinski definition) is 5. The van der Waals surface area contributed by atoms with E-state index < -0.39 is 56.2 Å². The Morgan fingerprint density at radius 3 is 0.800 bits per heavy atom. The summed E-state index contributed by atoms with van der Waals surface area (Å²) in [7, 11) is 6.09. The van der Waals surface area contributed by atoms with Crippen LogP contribution in [0.5, 0.6) is 28.7 Å². The Kier molecular flexibility index (Phi) is 22.3. The number of halogens is 5. The van der Waals surface area contributed by atoms with Gasteiger partial charge >= 0.3 is 28.4 Å². The lowest BCUT2D eigenvalue weighted by Crippen LogP contribution is -2.24. The zero-order chi connectivity index (χ0) is 75.3. The van der Waals surface area contributed by atoms with Crippen molar-refractivity contribution in [1.82, 2.24) is 49.8 Å². The molecule has 0 spiro atoms. The van der Waals surface area contributed by atoms with Crippen LogP contribution in [-0.4, -0.2) is 98.1 Å². The first kappa shape index (κ1) is 74.4. The Hall–Kier alpha value is -11.7. The summed E-state index contributed by atoms with van der Waals surface area (Å²) in [5.74, 6) is 1.98. The van der Waals surface area contributed by atoms with E-state index in [1.165, 1.54) is 21.3 Å². The van der Waals surface area contributed by atoms with E-state index in [0.29, 0.717) is 103 Å². The lowest BCUT2D eigenvalue weighted by molar-refractivity contribution is 0.184. The van der Waals surface area contributed by atoms with Gasteiger partial charge in [0.15, 0.2) is 27.9 Å². The lowest BCUT2D eigenvalue weighted by atomic mass is 9.93. The zero-order valence-corrected chi connectivity index (χ0v) is 59.4. The number of aromatic amines is 5. The van der Waals surface area contributed by atoms with Crippen molar-refractivity contribution in [3.8, 4) is 86.0 Å². The highest BCUT2D eigenvalue weighted by Gasteiger charge is 2.24. The number of fused-ring (bicyclic) bond motifs is 10. The van der Waals surface area contributed by atoms with Crippen LogP contribution in [0.4, 0.5) is 0 Å². The van der Waals surface area contributed by atoms with Gasteiger partial charge in [-0.2, -0.15) is 24.9 Å². The molecule has 0 unspecified atom stereocenters. The second-order valence-corrected chi connectivity index (χ2v) is 25.4. The smallest absolute Gasteiger partial charge is 0.351 e. The second kappa shape index (κ2) is 31.5. The Morgan fingerprint density at radius 2 is 0.562 bits per heavy atom. The number of unbranched alkanes of at least 4 members (excludes halogenated alkanes) is 1. The van der Waals surface area contributed by atoms with E-state index in [0.717, 1.165) is 19.3 Å². The Labute approximate surface area is 609 Å². The molecule has 0 saturated heterocycles. The van der Waals surface area contributed by atoms with Gasteiger partial charge in [0, 0.05) is 40.6 Å². The summed E-state index contributed by atoms with van der Waals surface area (Å²) in [5, 5.41) is 4.43. The standard InChI is InChI=1S/C17H17ClN2O4.C16H15ClN2O5.3C12H7ClN2O4/c1-17(2,3)6-7-23-11-5-4-9-8-10-14(21)19-16(22)20-15(10)24-13(9)12(11)18;1-22-6-2-3-7-23-11-5-4-9-8-10-14(20)18-16(21)19-15(10)24-13(9)12(11)17;3*1-18-7-3-2-5-4-6-10(16)14-12(17)15-11(6)19-9(5)8(7)13/h4-5,8H,6-7H2,1-3H3,(H,19,21,22);4-5,8H,2-3,6-7H2,1H3,(H,18,20,21);3*2-4H,1H3,(H,14,16,17). The maximum Gasteiger partial charge on any atom is 0.351 e. The number of aromatic nitrogens is 10. The highest BCUT2D eigenvalue weighted by Crippen LogP contribution is 2.41. The average molecular weight is 1540 g/mol. The van der Waals surface area contributed by atoms with Gasteiger partial charge in [0.25, 0.3) is 27.8 Å². The van der Waals surface area contributed by atoms with Crippen LogP contribution in [0, 0.1) is 5.41 Å². The molecule has 31 nitrogen and oxygen atoms in total. The van der Waals surface area contributed by atoms with Gasteiger partial charge in [-0.1, -0.05) is 78.8 Å². The predicted molar refractivity (Wildman–Crippen MR) is 388 cm³/mol. The first-order valence-corrected chi connectivity index (χ1v) is 32.7. The lowest BCUT2D eigenvalue weighted by Gasteiger charge is -2.18. The molecule has 0 atom stereocenters. The molecule has 10 aliphatic heterocycles. The molecule has 0 bridgehead atoms. The molecular weight excluding hydrogens is 1480 g/mol. The maximum absolute atomic E-state index is 11.8. The number of nitrogens with one attached hydrogen (secondary N) is 5. The number of nitrogens with zero attached hydrogens (tertiary/aromatic N) is 5. The molecule has 0 amide bonds. The van der Waals surface area contributed by atoms with Crippen LogP contribution in [0.2, 0.25) is 25.1 Å². The van der Waals surface area contributed by atoms with Crippen LogP contribution >= 0.6 is 58.0 Å². The van der Waals surface area contributed by atoms with Gasteiger partial charge in [0.1, 0.15) is 81.7 Å². The van der Waals surface area contributed by atoms with Crippen LogP contribution < -0.4 is 79.9 Å². The minimum absolute atomic E-state index is 0.0509. The molecule has 0 radical (unpaired) electrons. The molecule has 540 valence electrons. The Balaban J connectivity index is 0.000000132. The predicted octanol–water partition coefficient (Wildman–Crippen LogP) is 10.8. The van der Waals surface area contributed by atoms with Crippen LogP contribution in [-0.2, 0) is 4.74 Å². The van der Waals surface area contributed by atoms with E-state index in [9.17, 15) is 47.9 Å². The van der Waals surface area contributed by atoms with Crippen LogP contribution in [0.3, 0.4) is 0 Å². The van der Waals surface area contributed by atoms with Gasteiger partial charge in [-0.3, -0.25) is 48.9 Å². The number of methoxy groups -OCH3 is 4. The molecular formula is C69H53Cl5N10O21. The fourth-order valence-corrected chi connectivity index (χ4v) is 11.4. The van der Waals surface area contributed by atoms with E-state index in [1.54, 1.807) is 98.1 Å². The van der Waals surface area contributed by atoms with E-state index in [4.69, 9.17) is 109 Å². The molecule has 36 heteroatoms. The molecule has 0 aliphatic carbocycles. The average Bonchev–Trinajstić information content (AvgIpc) is 0.799. The topological polar surface area (TPSA) is 435 Å². The third kappa shape index (κ3) is 16.5. The Morgan fingerprint density at radius 1 is 0.333 bits per heavy atom. The van der Waals surface area contributed by atoms with Gasteiger partial charge < -0.3 is 50.5 Å². The monoisotopic (exact) mass is 1530 g/mol. The molecule has 0 aromatic heterocycles. The third-order valence-electron chi connectivity index (χ3n) is 15.2. The van der Waals surface area contributed by atoms with Crippen molar-refractivity contribution < 1.29 is 50.5 Å². The number of rotatable bonds is 12. The number of benzene rings is 5. The highest BCUT2D eigenvalue weighted by atomic mass is 35.5. The molecule has 15 rings (SSSR count). The van der Waals surface area contributed by atoms with Crippen molar-refractivity contribution in [3.05, 3.63) is 220 Å². The molecule has 5 N–H and O–H groups in total. The molecule has 10 heterocycles. The van der Waals surface area contributed by atoms with Crippen molar-refractivity contribution in [2.24, 2.45) is 5.41 Å². The summed E-state index contributed by atoms with van der Waals surface area (Å²) in [4.78, 5) is 143. The van der Waals surface area contributed by atoms with E-state index in [1.807, 2.05) is 0 Å². The van der Waals surface area contributed by atoms with Crippen molar-refractivity contribution >= 4 is 113 Å². The normalized spacial score (nSPS) is 11.3. The molecule has 0 fully saturated rings. The largest absolute Gasteiger partial charge is 0.495 e. The van der Waals surface area contributed by atoms with Crippen molar-refractivity contribution in [1.29, 1.82) is 0 Å². The summed E-state index contributed by atoms with van der Waals surface area (Å²) in [6, 6.07) is 24.9. The zero-order valence-electron chi connectivity index (χ0n) is 55.6. The fourth-order valence-electron chi connectivity index (χ4n) is 10.0. The van der Waals surface area contributed by atoms with Crippen LogP contribution in [0.1, 0.15) is 40.0 Å². The van der Waals surface area contributed by atoms with E-state index in [2.05, 4.69) is 70.6 Å². The summed E-state index contributed by atoms with van der Waals surface area (Å²) in [6.45, 7) is 8.07. The summed E-state index contributed by atoms with van der Waals surface area (Å²) in [6.07, 6.45) is 2.58. The minimum Gasteiger partial charge on any atom is -0.495 e. The molecule has 5 aromatic rings. The van der Waals surface area contributed by atoms with Crippen LogP contribution in [0.25, 0.3) is 112 Å². The van der Waals surface area contributed by atoms with Crippen molar-refractivity contribution in [3.63, 3.8) is 0 Å². The summed E-state index contributed by atoms with van der Waals surface area (Å²) in [5.41, 5.74) is -3.88. The maximum atomic E-state index is 11.8. The first-order valence-electron chi connectivity index (χ1n) is 30.8. The van der Waals surface area contributed by atoms with Crippen LogP contribution in [0.15, 0.2) is 161 Å². The number of H-pyrrole nitrogens is 5. The Bertz CT molecular complexity index is 5950. The van der Waals surface area contributed by atoms with Crippen molar-refractivity contribution in [2.45, 2.75) is 40.0 Å². The molecule has 5 aromatic carbocycles. The van der Waals surface area contributed by atoms with Gasteiger partial charge in [0.05, 0.1) is 34.5 Å². The SMILES string of the molecule is CC(C)(C)CCOc1ccc2cc3c(=O)[nH]c(=O)nc-3oc2c1Cl.COCCCCOc1ccc2cc3c(=O)[nH]c(=O)nc-3oc2c1Cl.COc1ccc2cc3c(=O)[nH]c(=O)nc-3oc2c1Cl.COc1ccc2cc3c(=O)[nH]c(=O)nc-3oc2c1Cl.COc1ccc2cc3c(=O)[nH]c(=O)nc-3oc2c1Cl. The second-order valence-electron chi connectivity index (χ2n) is 23.5. The molecule has 0 saturated carbocycles. The van der Waals surface area contributed by atoms with Crippen molar-refractivity contribution in [2.75, 3.05) is 48.3 Å². The summed E-state index contributed by atoms with van der Waals surface area (Å²) >= 11 is 31.0.